The Hall–Kier alpha value is -0.800. The molecule has 0 spiro atoms. The first-order valence-corrected chi connectivity index (χ1v) is 5.48. The Morgan fingerprint density at radius 2 is 2.29 bits per heavy atom. The van der Waals surface area contributed by atoms with Crippen LogP contribution in [0.1, 0.15) is 5.56 Å². The molecule has 0 saturated heterocycles. The molecule has 2 aromatic rings. The highest BCUT2D eigenvalue weighted by atomic mass is 35.5. The van der Waals surface area contributed by atoms with Gasteiger partial charge in [-0.1, -0.05) is 6.07 Å². The molecule has 0 aliphatic rings. The van der Waals surface area contributed by atoms with Crippen molar-refractivity contribution >= 4 is 33.0 Å². The van der Waals surface area contributed by atoms with Crippen molar-refractivity contribution in [1.82, 2.24) is 0 Å². The van der Waals surface area contributed by atoms with Crippen molar-refractivity contribution in [2.24, 2.45) is 0 Å². The van der Waals surface area contributed by atoms with E-state index in [4.69, 9.17) is 16.3 Å². The van der Waals surface area contributed by atoms with E-state index >= 15 is 0 Å². The fourth-order valence-corrected chi connectivity index (χ4v) is 2.74. The highest BCUT2D eigenvalue weighted by Gasteiger charge is 2.12. The first-order chi connectivity index (χ1) is 6.77. The van der Waals surface area contributed by atoms with Crippen LogP contribution in [0.25, 0.3) is 10.1 Å². The van der Waals surface area contributed by atoms with Gasteiger partial charge in [-0.05, 0) is 11.6 Å². The number of ether oxygens (including phenoxy) is 1. The second kappa shape index (κ2) is 3.75. The number of alkyl halides is 1. The van der Waals surface area contributed by atoms with E-state index in [0.717, 1.165) is 10.3 Å². The molecule has 0 unspecified atom stereocenters. The van der Waals surface area contributed by atoms with Crippen molar-refractivity contribution in [3.63, 3.8) is 0 Å². The SMILES string of the molecule is COc1csc2c(CCl)ccc(F)c12. The Labute approximate surface area is 90.1 Å². The van der Waals surface area contributed by atoms with Gasteiger partial charge in [-0.25, -0.2) is 4.39 Å². The molecule has 0 N–H and O–H groups in total. The van der Waals surface area contributed by atoms with E-state index in [2.05, 4.69) is 0 Å². The number of halogens is 2. The third-order valence-corrected chi connectivity index (χ3v) is 3.40. The fraction of sp³-hybridized carbons (Fsp3) is 0.200. The lowest BCUT2D eigenvalue weighted by Gasteiger charge is -2.01. The second-order valence-electron chi connectivity index (χ2n) is 2.85. The quantitative estimate of drug-likeness (QED) is 0.714. The van der Waals surface area contributed by atoms with Crippen LogP contribution in [-0.4, -0.2) is 7.11 Å². The van der Waals surface area contributed by atoms with Crippen LogP contribution >= 0.6 is 22.9 Å². The molecule has 1 heterocycles. The van der Waals surface area contributed by atoms with Crippen molar-refractivity contribution < 1.29 is 9.13 Å². The number of hydrogen-bond donors (Lipinski definition) is 0. The van der Waals surface area contributed by atoms with Crippen LogP contribution in [0.2, 0.25) is 0 Å². The molecule has 4 heteroatoms. The van der Waals surface area contributed by atoms with Crippen LogP contribution < -0.4 is 4.74 Å². The maximum absolute atomic E-state index is 13.5. The number of benzene rings is 1. The summed E-state index contributed by atoms with van der Waals surface area (Å²) in [6, 6.07) is 3.13. The van der Waals surface area contributed by atoms with Gasteiger partial charge in [-0.2, -0.15) is 0 Å². The third kappa shape index (κ3) is 1.37. The number of methoxy groups -OCH3 is 1. The van der Waals surface area contributed by atoms with E-state index in [9.17, 15) is 4.39 Å². The summed E-state index contributed by atoms with van der Waals surface area (Å²) in [6.07, 6.45) is 0. The van der Waals surface area contributed by atoms with E-state index in [1.54, 1.807) is 11.4 Å². The van der Waals surface area contributed by atoms with E-state index in [-0.39, 0.29) is 5.82 Å². The summed E-state index contributed by atoms with van der Waals surface area (Å²) in [5.74, 6) is 0.710. The summed E-state index contributed by atoms with van der Waals surface area (Å²) in [4.78, 5) is 0. The van der Waals surface area contributed by atoms with Gasteiger partial charge in [-0.15, -0.1) is 22.9 Å². The van der Waals surface area contributed by atoms with Gasteiger partial charge in [0, 0.05) is 16.0 Å². The molecular weight excluding hydrogens is 223 g/mol. The normalized spacial score (nSPS) is 10.8. The summed E-state index contributed by atoms with van der Waals surface area (Å²) in [6.45, 7) is 0. The van der Waals surface area contributed by atoms with Crippen molar-refractivity contribution in [1.29, 1.82) is 0 Å². The largest absolute Gasteiger partial charge is 0.495 e. The minimum absolute atomic E-state index is 0.257. The molecular formula is C10H8ClFOS. The summed E-state index contributed by atoms with van der Waals surface area (Å²) in [7, 11) is 1.54. The number of fused-ring (bicyclic) bond motifs is 1. The molecule has 0 aliphatic heterocycles. The summed E-state index contributed by atoms with van der Waals surface area (Å²) in [5.41, 5.74) is 0.941. The highest BCUT2D eigenvalue weighted by Crippen LogP contribution is 2.36. The zero-order valence-electron chi connectivity index (χ0n) is 7.51. The smallest absolute Gasteiger partial charge is 0.140 e. The summed E-state index contributed by atoms with van der Waals surface area (Å²) < 4.78 is 19.4. The lowest BCUT2D eigenvalue weighted by molar-refractivity contribution is 0.419. The van der Waals surface area contributed by atoms with Gasteiger partial charge >= 0.3 is 0 Å². The molecule has 1 aromatic carbocycles. The lowest BCUT2D eigenvalue weighted by atomic mass is 10.2. The summed E-state index contributed by atoms with van der Waals surface area (Å²) in [5, 5.41) is 2.33. The van der Waals surface area contributed by atoms with Crippen LogP contribution in [0.15, 0.2) is 17.5 Å². The summed E-state index contributed by atoms with van der Waals surface area (Å²) >= 11 is 7.21. The van der Waals surface area contributed by atoms with Gasteiger partial charge in [-0.3, -0.25) is 0 Å². The predicted molar refractivity (Wildman–Crippen MR) is 57.9 cm³/mol. The molecule has 1 nitrogen and oxygen atoms in total. The Morgan fingerprint density at radius 1 is 1.50 bits per heavy atom. The van der Waals surface area contributed by atoms with Crippen molar-refractivity contribution in [3.05, 3.63) is 28.9 Å². The molecule has 0 fully saturated rings. The van der Waals surface area contributed by atoms with Gasteiger partial charge in [0.05, 0.1) is 12.5 Å². The fourth-order valence-electron chi connectivity index (χ4n) is 1.39. The number of thiophene rings is 1. The van der Waals surface area contributed by atoms with Crippen LogP contribution in [0, 0.1) is 5.82 Å². The molecule has 14 heavy (non-hydrogen) atoms. The topological polar surface area (TPSA) is 9.23 Å². The molecule has 1 aromatic heterocycles. The van der Waals surface area contributed by atoms with Crippen LogP contribution in [0.4, 0.5) is 4.39 Å². The Morgan fingerprint density at radius 3 is 2.93 bits per heavy atom. The molecule has 0 radical (unpaired) electrons. The van der Waals surface area contributed by atoms with Crippen molar-refractivity contribution in [2.45, 2.75) is 5.88 Å². The zero-order chi connectivity index (χ0) is 10.1. The lowest BCUT2D eigenvalue weighted by Crippen LogP contribution is -1.85. The van der Waals surface area contributed by atoms with E-state index < -0.39 is 0 Å². The van der Waals surface area contributed by atoms with Gasteiger partial charge in [0.15, 0.2) is 0 Å². The monoisotopic (exact) mass is 230 g/mol. The first kappa shape index (κ1) is 9.74. The molecule has 0 aliphatic carbocycles. The minimum Gasteiger partial charge on any atom is -0.495 e. The average Bonchev–Trinajstić information content (AvgIpc) is 2.63. The highest BCUT2D eigenvalue weighted by molar-refractivity contribution is 7.17. The average molecular weight is 231 g/mol. The van der Waals surface area contributed by atoms with E-state index in [1.807, 2.05) is 0 Å². The predicted octanol–water partition coefficient (Wildman–Crippen LogP) is 3.79. The standard InChI is InChI=1S/C10H8ClFOS/c1-13-8-5-14-10-6(4-11)2-3-7(12)9(8)10/h2-3,5H,4H2,1H3. The van der Waals surface area contributed by atoms with Crippen LogP contribution in [0.3, 0.4) is 0 Å². The van der Waals surface area contributed by atoms with Crippen molar-refractivity contribution in [2.75, 3.05) is 7.11 Å². The number of rotatable bonds is 2. The van der Waals surface area contributed by atoms with E-state index in [0.29, 0.717) is 17.0 Å². The van der Waals surface area contributed by atoms with Crippen molar-refractivity contribution in [3.8, 4) is 5.75 Å². The minimum atomic E-state index is -0.257. The van der Waals surface area contributed by atoms with Gasteiger partial charge in [0.1, 0.15) is 11.6 Å². The van der Waals surface area contributed by atoms with Gasteiger partial charge in [0.2, 0.25) is 0 Å². The second-order valence-corrected chi connectivity index (χ2v) is 4.00. The molecule has 2 rings (SSSR count). The maximum Gasteiger partial charge on any atom is 0.140 e. The third-order valence-electron chi connectivity index (χ3n) is 2.08. The molecule has 74 valence electrons. The van der Waals surface area contributed by atoms with Crippen LogP contribution in [0.5, 0.6) is 5.75 Å². The van der Waals surface area contributed by atoms with Gasteiger partial charge in [0.25, 0.3) is 0 Å². The Kier molecular flexibility index (Phi) is 2.61. The number of hydrogen-bond acceptors (Lipinski definition) is 2. The van der Waals surface area contributed by atoms with E-state index in [1.165, 1.54) is 24.5 Å². The first-order valence-electron chi connectivity index (χ1n) is 4.06. The van der Waals surface area contributed by atoms with Gasteiger partial charge < -0.3 is 4.74 Å². The molecule has 0 atom stereocenters. The van der Waals surface area contributed by atoms with Crippen LogP contribution in [-0.2, 0) is 5.88 Å². The maximum atomic E-state index is 13.5. The zero-order valence-corrected chi connectivity index (χ0v) is 9.08. The Balaban J connectivity index is 2.80. The molecule has 0 saturated carbocycles. The molecule has 0 bridgehead atoms. The molecule has 0 amide bonds. The Bertz CT molecular complexity index is 466.